The van der Waals surface area contributed by atoms with E-state index in [2.05, 4.69) is 26.3 Å². The maximum absolute atomic E-state index is 12.9. The van der Waals surface area contributed by atoms with Crippen molar-refractivity contribution in [1.82, 2.24) is 15.6 Å². The summed E-state index contributed by atoms with van der Waals surface area (Å²) in [7, 11) is 0. The molecule has 7 nitrogen and oxygen atoms in total. The van der Waals surface area contributed by atoms with E-state index in [1.54, 1.807) is 12.1 Å². The number of carbonyl (C=O) groups is 2. The zero-order valence-electron chi connectivity index (χ0n) is 15.9. The van der Waals surface area contributed by atoms with E-state index in [0.717, 1.165) is 6.07 Å². The molecule has 2 aromatic rings. The van der Waals surface area contributed by atoms with E-state index >= 15 is 0 Å². The molecule has 4 N–H and O–H groups in total. The maximum Gasteiger partial charge on any atom is 0.419 e. The number of pyridine rings is 1. The molecule has 0 spiro atoms. The summed E-state index contributed by atoms with van der Waals surface area (Å²) in [4.78, 5) is 27.4. The molecule has 0 unspecified atom stereocenters. The molecule has 29 heavy (non-hydrogen) atoms. The van der Waals surface area contributed by atoms with Gasteiger partial charge in [0.2, 0.25) is 0 Å². The van der Waals surface area contributed by atoms with Crippen LogP contribution in [-0.2, 0) is 6.18 Å². The molecule has 0 aliphatic rings. The Bertz CT molecular complexity index is 838. The summed E-state index contributed by atoms with van der Waals surface area (Å²) in [5, 5.41) is 10.5. The van der Waals surface area contributed by atoms with Gasteiger partial charge >= 0.3 is 12.2 Å². The van der Waals surface area contributed by atoms with Crippen molar-refractivity contribution in [2.75, 3.05) is 23.7 Å². The Balaban J connectivity index is 1.82. The van der Waals surface area contributed by atoms with Crippen LogP contribution < -0.4 is 21.3 Å². The van der Waals surface area contributed by atoms with E-state index in [1.807, 2.05) is 13.8 Å². The minimum Gasteiger partial charge on any atom is -0.368 e. The second-order valence-electron chi connectivity index (χ2n) is 6.41. The number of carbonyl (C=O) groups excluding carboxylic acids is 2. The number of rotatable bonds is 7. The Hall–Kier alpha value is -3.30. The summed E-state index contributed by atoms with van der Waals surface area (Å²) in [5.41, 5.74) is 0.0146. The molecule has 0 atom stereocenters. The number of benzene rings is 1. The van der Waals surface area contributed by atoms with E-state index < -0.39 is 11.7 Å². The van der Waals surface area contributed by atoms with Gasteiger partial charge in [-0.1, -0.05) is 0 Å². The number of hydrogen-bond donors (Lipinski definition) is 4. The van der Waals surface area contributed by atoms with Crippen LogP contribution in [0.2, 0.25) is 0 Å². The van der Waals surface area contributed by atoms with Crippen molar-refractivity contribution in [3.8, 4) is 0 Å². The number of anilines is 2. The molecular weight excluding hydrogens is 387 g/mol. The minimum absolute atomic E-state index is 0.00745. The zero-order valence-corrected chi connectivity index (χ0v) is 15.9. The van der Waals surface area contributed by atoms with Gasteiger partial charge < -0.3 is 21.3 Å². The third-order valence-electron chi connectivity index (χ3n) is 3.64. The molecule has 3 amide bonds. The largest absolute Gasteiger partial charge is 0.419 e. The lowest BCUT2D eigenvalue weighted by Gasteiger charge is -2.13. The van der Waals surface area contributed by atoms with Crippen molar-refractivity contribution < 1.29 is 22.8 Å². The number of nitrogens with one attached hydrogen (secondary N) is 4. The van der Waals surface area contributed by atoms with Gasteiger partial charge in [0.25, 0.3) is 5.91 Å². The number of hydrogen-bond acceptors (Lipinski definition) is 4. The Morgan fingerprint density at radius 2 is 1.76 bits per heavy atom. The first kappa shape index (κ1) is 22.0. The highest BCUT2D eigenvalue weighted by molar-refractivity contribution is 5.95. The number of halogens is 3. The molecule has 1 heterocycles. The fraction of sp³-hybridized carbons (Fsp3) is 0.316. The molecule has 2 rings (SSSR count). The monoisotopic (exact) mass is 409 g/mol. The molecule has 10 heteroatoms. The van der Waals surface area contributed by atoms with Crippen LogP contribution in [-0.4, -0.2) is 36.1 Å². The summed E-state index contributed by atoms with van der Waals surface area (Å²) in [6, 6.07) is 8.02. The summed E-state index contributed by atoms with van der Waals surface area (Å²) in [6.07, 6.45) is -3.26. The van der Waals surface area contributed by atoms with Crippen LogP contribution >= 0.6 is 0 Å². The number of nitrogens with zero attached hydrogens (tertiary/aromatic N) is 1. The molecule has 0 saturated heterocycles. The van der Waals surface area contributed by atoms with Crippen LogP contribution in [0.3, 0.4) is 0 Å². The Labute approximate surface area is 166 Å². The van der Waals surface area contributed by atoms with E-state index in [-0.39, 0.29) is 36.9 Å². The molecule has 0 saturated carbocycles. The molecule has 0 aliphatic carbocycles. The first-order valence-corrected chi connectivity index (χ1v) is 8.88. The molecule has 0 fully saturated rings. The predicted octanol–water partition coefficient (Wildman–Crippen LogP) is 3.47. The first-order chi connectivity index (χ1) is 13.7. The zero-order chi connectivity index (χ0) is 21.4. The van der Waals surface area contributed by atoms with Crippen molar-refractivity contribution in [1.29, 1.82) is 0 Å². The predicted molar refractivity (Wildman–Crippen MR) is 104 cm³/mol. The van der Waals surface area contributed by atoms with Crippen LogP contribution in [0.25, 0.3) is 0 Å². The third-order valence-corrected chi connectivity index (χ3v) is 3.64. The standard InChI is InChI=1S/C19H22F3N5O2/c1-12(2)26-18(29)27-14-7-5-13(6-8-14)17(28)25-11-10-24-16-15(19(20,21)22)4-3-9-23-16/h3-9,12H,10-11H2,1-2H3,(H,23,24)(H,25,28)(H2,26,27,29). The lowest BCUT2D eigenvalue weighted by Crippen LogP contribution is -2.34. The van der Waals surface area contributed by atoms with Crippen LogP contribution in [0, 0.1) is 0 Å². The second kappa shape index (κ2) is 9.76. The molecule has 1 aromatic carbocycles. The van der Waals surface area contributed by atoms with Crippen LogP contribution in [0.4, 0.5) is 29.5 Å². The Morgan fingerprint density at radius 3 is 2.38 bits per heavy atom. The van der Waals surface area contributed by atoms with Gasteiger partial charge in [0.15, 0.2) is 0 Å². The number of alkyl halides is 3. The number of amides is 3. The summed E-state index contributed by atoms with van der Waals surface area (Å²) in [6.45, 7) is 3.84. The van der Waals surface area contributed by atoms with Crippen molar-refractivity contribution in [3.63, 3.8) is 0 Å². The third kappa shape index (κ3) is 6.98. The van der Waals surface area contributed by atoms with Gasteiger partial charge in [0, 0.05) is 36.6 Å². The molecule has 156 valence electrons. The summed E-state index contributed by atoms with van der Waals surface area (Å²) < 4.78 is 38.7. The van der Waals surface area contributed by atoms with Gasteiger partial charge in [-0.2, -0.15) is 13.2 Å². The maximum atomic E-state index is 12.9. The second-order valence-corrected chi connectivity index (χ2v) is 6.41. The van der Waals surface area contributed by atoms with Crippen molar-refractivity contribution >= 4 is 23.4 Å². The Morgan fingerprint density at radius 1 is 1.07 bits per heavy atom. The molecule has 0 radical (unpaired) electrons. The molecule has 0 bridgehead atoms. The number of aromatic nitrogens is 1. The van der Waals surface area contributed by atoms with Gasteiger partial charge in [-0.25, -0.2) is 9.78 Å². The molecule has 1 aromatic heterocycles. The van der Waals surface area contributed by atoms with Gasteiger partial charge in [-0.3, -0.25) is 4.79 Å². The minimum atomic E-state index is -4.51. The van der Waals surface area contributed by atoms with Crippen molar-refractivity contribution in [3.05, 3.63) is 53.7 Å². The van der Waals surface area contributed by atoms with E-state index in [0.29, 0.717) is 11.3 Å². The highest BCUT2D eigenvalue weighted by atomic mass is 19.4. The van der Waals surface area contributed by atoms with Gasteiger partial charge in [0.1, 0.15) is 5.82 Å². The fourth-order valence-electron chi connectivity index (χ4n) is 2.37. The highest BCUT2D eigenvalue weighted by Crippen LogP contribution is 2.33. The van der Waals surface area contributed by atoms with Gasteiger partial charge in [0.05, 0.1) is 5.56 Å². The van der Waals surface area contributed by atoms with Crippen LogP contribution in [0.1, 0.15) is 29.8 Å². The fourth-order valence-corrected chi connectivity index (χ4v) is 2.37. The lowest BCUT2D eigenvalue weighted by molar-refractivity contribution is -0.137. The average Bonchev–Trinajstić information content (AvgIpc) is 2.64. The summed E-state index contributed by atoms with van der Waals surface area (Å²) >= 11 is 0. The average molecular weight is 409 g/mol. The normalized spacial score (nSPS) is 11.1. The topological polar surface area (TPSA) is 95.2 Å². The van der Waals surface area contributed by atoms with Gasteiger partial charge in [-0.05, 0) is 50.2 Å². The van der Waals surface area contributed by atoms with E-state index in [9.17, 15) is 22.8 Å². The summed E-state index contributed by atoms with van der Waals surface area (Å²) in [5.74, 6) is -0.675. The smallest absolute Gasteiger partial charge is 0.368 e. The Kier molecular flexibility index (Phi) is 7.40. The molecular formula is C19H22F3N5O2. The van der Waals surface area contributed by atoms with Crippen LogP contribution in [0.5, 0.6) is 0 Å². The first-order valence-electron chi connectivity index (χ1n) is 8.88. The van der Waals surface area contributed by atoms with Crippen molar-refractivity contribution in [2.24, 2.45) is 0 Å². The highest BCUT2D eigenvalue weighted by Gasteiger charge is 2.33. The van der Waals surface area contributed by atoms with Gasteiger partial charge in [-0.15, -0.1) is 0 Å². The van der Waals surface area contributed by atoms with Crippen LogP contribution in [0.15, 0.2) is 42.6 Å². The quantitative estimate of drug-likeness (QED) is 0.527. The molecule has 0 aliphatic heterocycles. The number of urea groups is 1. The SMILES string of the molecule is CC(C)NC(=O)Nc1ccc(C(=O)NCCNc2ncccc2C(F)(F)F)cc1. The lowest BCUT2D eigenvalue weighted by atomic mass is 10.2. The van der Waals surface area contributed by atoms with E-state index in [4.69, 9.17) is 0 Å². The van der Waals surface area contributed by atoms with E-state index in [1.165, 1.54) is 24.4 Å². The van der Waals surface area contributed by atoms with Crippen molar-refractivity contribution in [2.45, 2.75) is 26.1 Å².